The molecule has 0 aliphatic carbocycles. The number of ether oxygens (including phenoxy) is 1. The average Bonchev–Trinajstić information content (AvgIpc) is 2.81. The van der Waals surface area contributed by atoms with Crippen molar-refractivity contribution < 1.29 is 22.7 Å². The predicted molar refractivity (Wildman–Crippen MR) is 120 cm³/mol. The second-order valence-electron chi connectivity index (χ2n) is 7.93. The minimum Gasteiger partial charge on any atom is -0.462 e. The van der Waals surface area contributed by atoms with Crippen LogP contribution < -0.4 is 0 Å². The molecule has 0 spiro atoms. The Morgan fingerprint density at radius 1 is 0.750 bits per heavy atom. The Morgan fingerprint density at radius 3 is 2.09 bits per heavy atom. The number of aryl methyl sites for hydroxylation is 1. The quantitative estimate of drug-likeness (QED) is 0.123. The maximum atomic E-state index is 13.3. The number of halogens is 3. The van der Waals surface area contributed by atoms with Crippen molar-refractivity contribution in [2.24, 2.45) is 0 Å². The van der Waals surface area contributed by atoms with Crippen molar-refractivity contribution in [1.29, 1.82) is 0 Å². The molecule has 0 atom stereocenters. The molecule has 0 bridgehead atoms. The van der Waals surface area contributed by atoms with Gasteiger partial charge in [0, 0.05) is 0 Å². The van der Waals surface area contributed by atoms with E-state index in [1.807, 2.05) is 0 Å². The van der Waals surface area contributed by atoms with Crippen molar-refractivity contribution in [2.75, 3.05) is 6.61 Å². The summed E-state index contributed by atoms with van der Waals surface area (Å²) in [5, 5.41) is 7.42. The Kier molecular flexibility index (Phi) is 5.17. The largest absolute Gasteiger partial charge is 0.462 e. The van der Waals surface area contributed by atoms with Crippen LogP contribution in [0.3, 0.4) is 0 Å². The number of esters is 1. The summed E-state index contributed by atoms with van der Waals surface area (Å²) < 4.78 is 44.7. The first-order chi connectivity index (χ1) is 15.5. The van der Waals surface area contributed by atoms with E-state index in [4.69, 9.17) is 4.74 Å². The minimum absolute atomic E-state index is 0.116. The molecule has 0 saturated heterocycles. The Balaban J connectivity index is 1.26. The van der Waals surface area contributed by atoms with Crippen LogP contribution in [0, 0.1) is 17.5 Å². The van der Waals surface area contributed by atoms with Gasteiger partial charge in [-0.05, 0) is 69.3 Å². The highest BCUT2D eigenvalue weighted by atomic mass is 19.2. The van der Waals surface area contributed by atoms with Gasteiger partial charge >= 0.3 is 5.97 Å². The van der Waals surface area contributed by atoms with Crippen LogP contribution in [-0.4, -0.2) is 12.6 Å². The highest BCUT2D eigenvalue weighted by Gasteiger charge is 2.16. The Bertz CT molecular complexity index is 1420. The molecule has 0 radical (unpaired) electrons. The number of carbonyl (C=O) groups excluding carboxylic acids is 1. The number of hydrogen-bond donors (Lipinski definition) is 0. The molecule has 160 valence electrons. The monoisotopic (exact) mass is 432 g/mol. The number of rotatable bonds is 6. The summed E-state index contributed by atoms with van der Waals surface area (Å²) in [4.78, 5) is 12.0. The fraction of sp³-hybridized carbons (Fsp3) is 0.148. The molecule has 0 amide bonds. The van der Waals surface area contributed by atoms with Crippen molar-refractivity contribution in [3.8, 4) is 0 Å². The zero-order valence-corrected chi connectivity index (χ0v) is 17.1. The first-order valence-electron chi connectivity index (χ1n) is 10.5. The SMILES string of the molecule is O=C(OCCCCc1ccc2ccc3cccc4ccc1c2c34)c1cc(F)c(F)c(F)c1. The molecule has 0 fully saturated rings. The summed E-state index contributed by atoms with van der Waals surface area (Å²) in [6, 6.07) is 20.5. The molecule has 5 aromatic carbocycles. The molecule has 0 N–H and O–H groups in total. The van der Waals surface area contributed by atoms with Gasteiger partial charge in [-0.1, -0.05) is 54.6 Å². The molecular formula is C27H19F3O2. The lowest BCUT2D eigenvalue weighted by molar-refractivity contribution is 0.0497. The molecule has 2 nitrogen and oxygen atoms in total. The second kappa shape index (κ2) is 8.15. The highest BCUT2D eigenvalue weighted by Crippen LogP contribution is 2.36. The third-order valence-electron chi connectivity index (χ3n) is 5.91. The van der Waals surface area contributed by atoms with Gasteiger partial charge in [-0.3, -0.25) is 0 Å². The summed E-state index contributed by atoms with van der Waals surface area (Å²) in [5.74, 6) is -5.29. The van der Waals surface area contributed by atoms with Gasteiger partial charge in [-0.15, -0.1) is 0 Å². The van der Waals surface area contributed by atoms with E-state index < -0.39 is 23.4 Å². The van der Waals surface area contributed by atoms with E-state index in [-0.39, 0.29) is 12.2 Å². The first-order valence-corrected chi connectivity index (χ1v) is 10.5. The van der Waals surface area contributed by atoms with Gasteiger partial charge in [0.05, 0.1) is 12.2 Å². The number of benzene rings is 5. The van der Waals surface area contributed by atoms with E-state index >= 15 is 0 Å². The lowest BCUT2D eigenvalue weighted by Crippen LogP contribution is -2.08. The van der Waals surface area contributed by atoms with E-state index in [1.165, 1.54) is 37.9 Å². The van der Waals surface area contributed by atoms with Crippen LogP contribution in [0.5, 0.6) is 0 Å². The zero-order valence-electron chi connectivity index (χ0n) is 17.1. The molecular weight excluding hydrogens is 413 g/mol. The van der Waals surface area contributed by atoms with Crippen molar-refractivity contribution in [3.05, 3.63) is 95.3 Å². The maximum absolute atomic E-state index is 13.3. The smallest absolute Gasteiger partial charge is 0.338 e. The first kappa shape index (κ1) is 20.3. The van der Waals surface area contributed by atoms with Gasteiger partial charge in [0.1, 0.15) is 0 Å². The number of carbonyl (C=O) groups is 1. The van der Waals surface area contributed by atoms with Crippen LogP contribution >= 0.6 is 0 Å². The molecule has 32 heavy (non-hydrogen) atoms. The lowest BCUT2D eigenvalue weighted by Gasteiger charge is -2.14. The molecule has 0 saturated carbocycles. The van der Waals surface area contributed by atoms with Crippen LogP contribution in [0.25, 0.3) is 32.3 Å². The van der Waals surface area contributed by atoms with Crippen LogP contribution in [-0.2, 0) is 11.2 Å². The van der Waals surface area contributed by atoms with Crippen LogP contribution in [0.2, 0.25) is 0 Å². The Hall–Kier alpha value is -3.60. The topological polar surface area (TPSA) is 26.3 Å². The summed E-state index contributed by atoms with van der Waals surface area (Å²) >= 11 is 0. The fourth-order valence-electron chi connectivity index (χ4n) is 4.35. The Labute approximate surface area is 182 Å². The lowest BCUT2D eigenvalue weighted by atomic mass is 9.91. The standard InChI is InChI=1S/C27H19F3O2/c28-22-14-20(15-23(29)26(22)30)27(31)32-13-2-1-4-16-7-8-19-10-9-17-5-3-6-18-11-12-21(16)25(19)24(17)18/h3,5-12,14-15H,1-2,4,13H2. The van der Waals surface area contributed by atoms with Gasteiger partial charge in [-0.25, -0.2) is 18.0 Å². The molecule has 0 aliphatic heterocycles. The highest BCUT2D eigenvalue weighted by molar-refractivity contribution is 6.23. The van der Waals surface area contributed by atoms with Gasteiger partial charge in [0.25, 0.3) is 0 Å². The summed E-state index contributed by atoms with van der Waals surface area (Å²) in [5.41, 5.74) is 0.887. The fourth-order valence-corrected chi connectivity index (χ4v) is 4.35. The van der Waals surface area contributed by atoms with E-state index in [1.54, 1.807) is 0 Å². The summed E-state index contributed by atoms with van der Waals surface area (Å²) in [6.07, 6.45) is 2.19. The molecule has 0 aliphatic rings. The third-order valence-corrected chi connectivity index (χ3v) is 5.91. The van der Waals surface area contributed by atoms with Crippen LogP contribution in [0.4, 0.5) is 13.2 Å². The average molecular weight is 432 g/mol. The van der Waals surface area contributed by atoms with Gasteiger partial charge in [0.2, 0.25) is 0 Å². The normalized spacial score (nSPS) is 11.6. The van der Waals surface area contributed by atoms with Crippen molar-refractivity contribution in [3.63, 3.8) is 0 Å². The van der Waals surface area contributed by atoms with Gasteiger partial charge in [-0.2, -0.15) is 0 Å². The molecule has 5 rings (SSSR count). The maximum Gasteiger partial charge on any atom is 0.338 e. The van der Waals surface area contributed by atoms with Crippen molar-refractivity contribution >= 4 is 38.3 Å². The molecule has 0 heterocycles. The van der Waals surface area contributed by atoms with E-state index in [2.05, 4.69) is 54.6 Å². The van der Waals surface area contributed by atoms with Gasteiger partial charge in [0.15, 0.2) is 17.5 Å². The van der Waals surface area contributed by atoms with E-state index in [9.17, 15) is 18.0 Å². The van der Waals surface area contributed by atoms with Crippen LogP contribution in [0.1, 0.15) is 28.8 Å². The van der Waals surface area contributed by atoms with E-state index in [0.29, 0.717) is 18.6 Å². The summed E-state index contributed by atoms with van der Waals surface area (Å²) in [6.45, 7) is 0.116. The van der Waals surface area contributed by atoms with Crippen molar-refractivity contribution in [2.45, 2.75) is 19.3 Å². The van der Waals surface area contributed by atoms with E-state index in [0.717, 1.165) is 12.8 Å². The minimum atomic E-state index is -1.60. The zero-order chi connectivity index (χ0) is 22.2. The number of unbranched alkanes of at least 4 members (excludes halogenated alkanes) is 1. The number of hydrogen-bond acceptors (Lipinski definition) is 2. The molecule has 0 unspecified atom stereocenters. The third kappa shape index (κ3) is 3.54. The summed E-state index contributed by atoms with van der Waals surface area (Å²) in [7, 11) is 0. The van der Waals surface area contributed by atoms with Crippen LogP contribution in [0.15, 0.2) is 66.7 Å². The molecule has 5 aromatic rings. The van der Waals surface area contributed by atoms with Gasteiger partial charge < -0.3 is 4.74 Å². The molecule has 0 aromatic heterocycles. The molecule has 5 heteroatoms. The predicted octanol–water partition coefficient (Wildman–Crippen LogP) is 7.18. The van der Waals surface area contributed by atoms with Crippen molar-refractivity contribution in [1.82, 2.24) is 0 Å². The second-order valence-corrected chi connectivity index (χ2v) is 7.93. The Morgan fingerprint density at radius 2 is 1.38 bits per heavy atom.